The van der Waals surface area contributed by atoms with Crippen LogP contribution in [0.5, 0.6) is 0 Å². The first kappa shape index (κ1) is 9.31. The first-order valence-electron chi connectivity index (χ1n) is 3.07. The van der Waals surface area contributed by atoms with Gasteiger partial charge >= 0.3 is 54.6 Å². The molecule has 0 aromatic rings. The molecule has 0 atom stereocenters. The van der Waals surface area contributed by atoms with Crippen LogP contribution in [0.1, 0.15) is 19.8 Å². The maximum absolute atomic E-state index is 8.86. The molecular formula is C5H15O3P. The van der Waals surface area contributed by atoms with Gasteiger partial charge in [-0.25, -0.2) is 0 Å². The predicted octanol–water partition coefficient (Wildman–Crippen LogP) is 0.692. The van der Waals surface area contributed by atoms with Crippen molar-refractivity contribution in [3.63, 3.8) is 0 Å². The molecule has 0 rings (SSSR count). The van der Waals surface area contributed by atoms with Crippen LogP contribution < -0.4 is 0 Å². The van der Waals surface area contributed by atoms with E-state index in [0.717, 1.165) is 13.1 Å². The van der Waals surface area contributed by atoms with Gasteiger partial charge in [0.25, 0.3) is 0 Å². The Balaban J connectivity index is 3.60. The van der Waals surface area contributed by atoms with Crippen molar-refractivity contribution in [2.24, 2.45) is 0 Å². The number of hydrogen-bond acceptors (Lipinski definition) is 3. The fourth-order valence-electron chi connectivity index (χ4n) is 0.528. The Morgan fingerprint density at radius 1 is 1.22 bits per heavy atom. The molecular weight excluding hydrogens is 139 g/mol. The van der Waals surface area contributed by atoms with Crippen molar-refractivity contribution in [2.45, 2.75) is 19.8 Å². The molecule has 4 heteroatoms. The molecule has 0 aromatic heterocycles. The first-order chi connectivity index (χ1) is 3.81. The Bertz CT molecular complexity index is 84.9. The second-order valence-corrected chi connectivity index (χ2v) is 6.35. The van der Waals surface area contributed by atoms with E-state index in [1.807, 2.05) is 6.92 Å². The van der Waals surface area contributed by atoms with Crippen LogP contribution in [0.4, 0.5) is 0 Å². The zero-order valence-corrected chi connectivity index (χ0v) is 6.80. The van der Waals surface area contributed by atoms with E-state index in [9.17, 15) is 0 Å². The van der Waals surface area contributed by atoms with Crippen molar-refractivity contribution < 1.29 is 14.7 Å². The normalized spacial score (nSPS) is 16.8. The van der Waals surface area contributed by atoms with E-state index in [4.69, 9.17) is 14.7 Å². The monoisotopic (exact) mass is 154 g/mol. The molecule has 0 radical (unpaired) electrons. The van der Waals surface area contributed by atoms with Gasteiger partial charge in [0.05, 0.1) is 0 Å². The Kier molecular flexibility index (Phi) is 2.59. The molecule has 0 aliphatic carbocycles. The Morgan fingerprint density at radius 2 is 1.67 bits per heavy atom. The zero-order valence-electron chi connectivity index (χ0n) is 5.91. The van der Waals surface area contributed by atoms with Crippen LogP contribution >= 0.6 is 7.28 Å². The quantitative estimate of drug-likeness (QED) is 0.524. The van der Waals surface area contributed by atoms with Crippen LogP contribution in [0, 0.1) is 0 Å². The van der Waals surface area contributed by atoms with E-state index in [1.54, 1.807) is 0 Å². The van der Waals surface area contributed by atoms with Gasteiger partial charge in [-0.1, -0.05) is 0 Å². The summed E-state index contributed by atoms with van der Waals surface area (Å²) in [5.74, 6) is 0. The van der Waals surface area contributed by atoms with Gasteiger partial charge in [0.1, 0.15) is 0 Å². The third-order valence-corrected chi connectivity index (χ3v) is 2.40. The van der Waals surface area contributed by atoms with E-state index in [-0.39, 0.29) is 6.16 Å². The third-order valence-electron chi connectivity index (χ3n) is 1.04. The minimum absolute atomic E-state index is 0.127. The molecule has 0 fully saturated rings. The van der Waals surface area contributed by atoms with Crippen LogP contribution in [-0.2, 0) is 0 Å². The molecule has 0 amide bonds. The first-order valence-corrected chi connectivity index (χ1v) is 5.80. The second kappa shape index (κ2) is 2.51. The summed E-state index contributed by atoms with van der Waals surface area (Å²) in [6.45, 7) is 3.05. The summed E-state index contributed by atoms with van der Waals surface area (Å²) in [6, 6.07) is 0. The number of hydrogen-bond donors (Lipinski definition) is 3. The van der Waals surface area contributed by atoms with Crippen LogP contribution in [0.2, 0.25) is 0 Å². The molecule has 0 aliphatic heterocycles. The van der Waals surface area contributed by atoms with Gasteiger partial charge in [0, 0.05) is 0 Å². The van der Waals surface area contributed by atoms with Crippen LogP contribution in [-0.4, -0.2) is 27.5 Å². The minimum atomic E-state index is -4.13. The SMILES string of the molecule is CCCCP(C)(O)(O)O. The second-order valence-electron chi connectivity index (χ2n) is 2.69. The zero-order chi connectivity index (χ0) is 7.57. The summed E-state index contributed by atoms with van der Waals surface area (Å²) in [7, 11) is -4.13. The molecule has 0 heterocycles. The molecule has 0 saturated heterocycles. The van der Waals surface area contributed by atoms with Gasteiger partial charge in [-0.15, -0.1) is 0 Å². The van der Waals surface area contributed by atoms with Crippen molar-refractivity contribution in [3.8, 4) is 0 Å². The third kappa shape index (κ3) is 8.31. The van der Waals surface area contributed by atoms with Crippen molar-refractivity contribution in [2.75, 3.05) is 12.8 Å². The van der Waals surface area contributed by atoms with E-state index in [0.29, 0.717) is 6.42 Å². The summed E-state index contributed by atoms with van der Waals surface area (Å²) in [5.41, 5.74) is 0. The van der Waals surface area contributed by atoms with Gasteiger partial charge in [-0.3, -0.25) is 0 Å². The average Bonchev–Trinajstić information content (AvgIpc) is 1.57. The topological polar surface area (TPSA) is 60.7 Å². The average molecular weight is 154 g/mol. The summed E-state index contributed by atoms with van der Waals surface area (Å²) in [4.78, 5) is 26.6. The van der Waals surface area contributed by atoms with E-state index >= 15 is 0 Å². The standard InChI is InChI=1S/C5H15O3P/c1-3-4-5-9(2,6,7)8/h6-8H,3-5H2,1-2H3. The predicted molar refractivity (Wildman–Crippen MR) is 39.3 cm³/mol. The fraction of sp³-hybridized carbons (Fsp3) is 1.00. The summed E-state index contributed by atoms with van der Waals surface area (Å²) in [5, 5.41) is 0. The molecule has 0 spiro atoms. The van der Waals surface area contributed by atoms with E-state index in [1.165, 1.54) is 0 Å². The Hall–Kier alpha value is 0.310. The summed E-state index contributed by atoms with van der Waals surface area (Å²) >= 11 is 0. The van der Waals surface area contributed by atoms with Crippen LogP contribution in [0.15, 0.2) is 0 Å². The van der Waals surface area contributed by atoms with E-state index in [2.05, 4.69) is 0 Å². The van der Waals surface area contributed by atoms with Crippen molar-refractivity contribution >= 4 is 7.28 Å². The molecule has 0 saturated carbocycles. The van der Waals surface area contributed by atoms with Gasteiger partial charge in [-0.05, 0) is 0 Å². The molecule has 3 N–H and O–H groups in total. The molecule has 0 bridgehead atoms. The van der Waals surface area contributed by atoms with Crippen molar-refractivity contribution in [1.29, 1.82) is 0 Å². The molecule has 3 nitrogen and oxygen atoms in total. The van der Waals surface area contributed by atoms with Crippen LogP contribution in [0.3, 0.4) is 0 Å². The maximum atomic E-state index is 8.86. The molecule has 58 valence electrons. The van der Waals surface area contributed by atoms with E-state index < -0.39 is 7.28 Å². The molecule has 0 aliphatic rings. The van der Waals surface area contributed by atoms with Gasteiger partial charge in [0.2, 0.25) is 0 Å². The van der Waals surface area contributed by atoms with Gasteiger partial charge in [0.15, 0.2) is 0 Å². The Labute approximate surface area is 55.5 Å². The molecule has 0 unspecified atom stereocenters. The summed E-state index contributed by atoms with van der Waals surface area (Å²) < 4.78 is 0. The molecule has 0 aromatic carbocycles. The van der Waals surface area contributed by atoms with Gasteiger partial charge < -0.3 is 0 Å². The number of rotatable bonds is 3. The summed E-state index contributed by atoms with van der Waals surface area (Å²) in [6.07, 6.45) is 1.66. The Morgan fingerprint density at radius 3 is 1.78 bits per heavy atom. The number of unbranched alkanes of at least 4 members (excludes halogenated alkanes) is 1. The van der Waals surface area contributed by atoms with Gasteiger partial charge in [-0.2, -0.15) is 0 Å². The van der Waals surface area contributed by atoms with Crippen molar-refractivity contribution in [3.05, 3.63) is 0 Å². The van der Waals surface area contributed by atoms with Crippen LogP contribution in [0.25, 0.3) is 0 Å². The molecule has 9 heavy (non-hydrogen) atoms. The fourth-order valence-corrected chi connectivity index (χ4v) is 1.59. The van der Waals surface area contributed by atoms with Crippen molar-refractivity contribution in [1.82, 2.24) is 0 Å².